The van der Waals surface area contributed by atoms with Crippen LogP contribution in [-0.2, 0) is 9.47 Å². The molecule has 5 rings (SSSR count). The van der Waals surface area contributed by atoms with Crippen LogP contribution in [-0.4, -0.2) is 99.4 Å². The molecule has 188 valence electrons. The Hall–Kier alpha value is -3.17. The fraction of sp³-hybridized carbons (Fsp3) is 0.571. The molecule has 0 spiro atoms. The van der Waals surface area contributed by atoms with Gasteiger partial charge in [0.2, 0.25) is 0 Å². The third-order valence-electron chi connectivity index (χ3n) is 6.30. The molecule has 1 aliphatic carbocycles. The second-order valence-electron chi connectivity index (χ2n) is 8.57. The lowest BCUT2D eigenvalue weighted by atomic mass is 10.1. The summed E-state index contributed by atoms with van der Waals surface area (Å²) in [7, 11) is 0. The number of fused-ring (bicyclic) bond motifs is 1. The number of aromatic nitrogens is 6. The third-order valence-corrected chi connectivity index (χ3v) is 6.30. The fourth-order valence-electron chi connectivity index (χ4n) is 4.44. The summed E-state index contributed by atoms with van der Waals surface area (Å²) < 4.78 is 13.4. The second-order valence-corrected chi connectivity index (χ2v) is 8.57. The van der Waals surface area contributed by atoms with Crippen molar-refractivity contribution >= 4 is 23.0 Å². The van der Waals surface area contributed by atoms with Crippen LogP contribution in [0, 0.1) is 0 Å². The van der Waals surface area contributed by atoms with E-state index in [-0.39, 0.29) is 29.8 Å². The van der Waals surface area contributed by atoms with Crippen molar-refractivity contribution < 1.29 is 34.7 Å². The standard InChI is InChI=1S/C21H27N7O7/c1-2-34-20(33)10-6-23-28(7-10)21-25-17(24-11-4-3-5-12(11)30)14-18(26-21)27(9-22-14)19-16(32)15(31)13(8-29)35-19/h6-7,9,11-13,15-16,19,29-32H,2-5,8H2,1H3,(H,24,25,26)/t11-,12-,13-,15?,16?,19-/m1/s1. The molecule has 0 bridgehead atoms. The summed E-state index contributed by atoms with van der Waals surface area (Å²) in [5.41, 5.74) is 0.824. The van der Waals surface area contributed by atoms with Gasteiger partial charge in [-0.1, -0.05) is 0 Å². The highest BCUT2D eigenvalue weighted by Crippen LogP contribution is 2.33. The predicted molar refractivity (Wildman–Crippen MR) is 119 cm³/mol. The second kappa shape index (κ2) is 9.47. The highest BCUT2D eigenvalue weighted by molar-refractivity contribution is 5.89. The summed E-state index contributed by atoms with van der Waals surface area (Å²) >= 11 is 0. The first-order chi connectivity index (χ1) is 16.9. The van der Waals surface area contributed by atoms with E-state index in [1.807, 2.05) is 0 Å². The zero-order chi connectivity index (χ0) is 24.7. The highest BCUT2D eigenvalue weighted by atomic mass is 16.6. The Kier molecular flexibility index (Phi) is 6.37. The SMILES string of the molecule is CCOC(=O)c1cnn(-c2nc(N[C@@H]3CCC[C@H]3O)c3ncn([C@@H]4O[C@H](CO)C(O)C4O)c3n2)c1. The number of nitrogens with zero attached hydrogens (tertiary/aromatic N) is 6. The van der Waals surface area contributed by atoms with Crippen molar-refractivity contribution in [3.05, 3.63) is 24.3 Å². The molecule has 3 aromatic rings. The topological polar surface area (TPSA) is 190 Å². The molecule has 2 aliphatic rings. The van der Waals surface area contributed by atoms with Crippen molar-refractivity contribution in [1.29, 1.82) is 0 Å². The van der Waals surface area contributed by atoms with Gasteiger partial charge in [0.1, 0.15) is 18.3 Å². The molecule has 5 N–H and O–H groups in total. The largest absolute Gasteiger partial charge is 0.462 e. The lowest BCUT2D eigenvalue weighted by Gasteiger charge is -2.19. The minimum atomic E-state index is -1.34. The van der Waals surface area contributed by atoms with Crippen LogP contribution in [0.1, 0.15) is 42.8 Å². The first-order valence-electron chi connectivity index (χ1n) is 11.4. The Bertz CT molecular complexity index is 1210. The molecule has 4 heterocycles. The van der Waals surface area contributed by atoms with E-state index in [4.69, 9.17) is 9.47 Å². The molecule has 0 amide bonds. The van der Waals surface area contributed by atoms with Crippen molar-refractivity contribution in [2.45, 2.75) is 62.9 Å². The van der Waals surface area contributed by atoms with Crippen LogP contribution in [0.4, 0.5) is 5.82 Å². The molecular formula is C21H27N7O7. The fourth-order valence-corrected chi connectivity index (χ4v) is 4.44. The van der Waals surface area contributed by atoms with E-state index in [9.17, 15) is 25.2 Å². The summed E-state index contributed by atoms with van der Waals surface area (Å²) in [6.07, 6.45) is 1.21. The summed E-state index contributed by atoms with van der Waals surface area (Å²) in [6.45, 7) is 1.44. The number of esters is 1. The van der Waals surface area contributed by atoms with Crippen LogP contribution in [0.5, 0.6) is 0 Å². The molecule has 1 saturated heterocycles. The molecule has 35 heavy (non-hydrogen) atoms. The number of hydrogen-bond acceptors (Lipinski definition) is 12. The van der Waals surface area contributed by atoms with Gasteiger partial charge in [-0.3, -0.25) is 4.57 Å². The molecular weight excluding hydrogens is 462 g/mol. The van der Waals surface area contributed by atoms with Gasteiger partial charge in [-0.15, -0.1) is 0 Å². The van der Waals surface area contributed by atoms with Gasteiger partial charge in [0.15, 0.2) is 23.2 Å². The molecule has 2 unspecified atom stereocenters. The Morgan fingerprint density at radius 2 is 2.09 bits per heavy atom. The van der Waals surface area contributed by atoms with Crippen LogP contribution in [0.25, 0.3) is 17.1 Å². The van der Waals surface area contributed by atoms with Crippen LogP contribution in [0.15, 0.2) is 18.7 Å². The van der Waals surface area contributed by atoms with E-state index in [1.165, 1.54) is 28.0 Å². The monoisotopic (exact) mass is 489 g/mol. The maximum atomic E-state index is 12.1. The van der Waals surface area contributed by atoms with Crippen molar-refractivity contribution in [1.82, 2.24) is 29.3 Å². The number of imidazole rings is 1. The minimum absolute atomic E-state index is 0.0940. The van der Waals surface area contributed by atoms with Gasteiger partial charge in [0.05, 0.1) is 43.4 Å². The van der Waals surface area contributed by atoms with Crippen molar-refractivity contribution in [2.75, 3.05) is 18.5 Å². The van der Waals surface area contributed by atoms with E-state index in [1.54, 1.807) is 6.92 Å². The van der Waals surface area contributed by atoms with Crippen LogP contribution in [0.2, 0.25) is 0 Å². The smallest absolute Gasteiger partial charge is 0.341 e. The minimum Gasteiger partial charge on any atom is -0.462 e. The summed E-state index contributed by atoms with van der Waals surface area (Å²) in [4.78, 5) is 25.5. The first-order valence-corrected chi connectivity index (χ1v) is 11.4. The zero-order valence-corrected chi connectivity index (χ0v) is 18.9. The predicted octanol–water partition coefficient (Wildman–Crippen LogP) is -0.874. The number of ether oxygens (including phenoxy) is 2. The van der Waals surface area contributed by atoms with Gasteiger partial charge < -0.3 is 35.2 Å². The van der Waals surface area contributed by atoms with Gasteiger partial charge >= 0.3 is 5.97 Å². The summed E-state index contributed by atoms with van der Waals surface area (Å²) in [6, 6.07) is -0.243. The lowest BCUT2D eigenvalue weighted by molar-refractivity contribution is -0.0511. The Labute approximate surface area is 199 Å². The van der Waals surface area contributed by atoms with Crippen molar-refractivity contribution in [2.24, 2.45) is 0 Å². The Balaban J connectivity index is 1.58. The van der Waals surface area contributed by atoms with E-state index in [0.717, 1.165) is 12.8 Å². The molecule has 14 nitrogen and oxygen atoms in total. The Morgan fingerprint density at radius 1 is 1.26 bits per heavy atom. The molecule has 1 aliphatic heterocycles. The average Bonchev–Trinajstić information content (AvgIpc) is 3.63. The molecule has 0 aromatic carbocycles. The van der Waals surface area contributed by atoms with Crippen molar-refractivity contribution in [3.8, 4) is 5.95 Å². The third kappa shape index (κ3) is 4.23. The van der Waals surface area contributed by atoms with Gasteiger partial charge in [-0.25, -0.2) is 14.5 Å². The molecule has 6 atom stereocenters. The number of carbonyl (C=O) groups is 1. The number of hydrogen-bond donors (Lipinski definition) is 5. The van der Waals surface area contributed by atoms with Gasteiger partial charge in [0.25, 0.3) is 5.95 Å². The van der Waals surface area contributed by atoms with Crippen LogP contribution in [0.3, 0.4) is 0 Å². The van der Waals surface area contributed by atoms with E-state index in [2.05, 4.69) is 25.4 Å². The van der Waals surface area contributed by atoms with E-state index >= 15 is 0 Å². The van der Waals surface area contributed by atoms with Crippen LogP contribution >= 0.6 is 0 Å². The molecule has 14 heteroatoms. The van der Waals surface area contributed by atoms with E-state index < -0.39 is 43.2 Å². The normalized spacial score (nSPS) is 28.6. The molecule has 2 fully saturated rings. The number of aliphatic hydroxyl groups excluding tert-OH is 4. The Morgan fingerprint density at radius 3 is 2.77 bits per heavy atom. The first kappa shape index (κ1) is 23.6. The van der Waals surface area contributed by atoms with Gasteiger partial charge in [-0.05, 0) is 26.2 Å². The lowest BCUT2D eigenvalue weighted by Crippen LogP contribution is -2.33. The molecule has 3 aromatic heterocycles. The summed E-state index contributed by atoms with van der Waals surface area (Å²) in [5.74, 6) is -0.116. The average molecular weight is 489 g/mol. The number of aliphatic hydroxyl groups is 4. The summed E-state index contributed by atoms with van der Waals surface area (Å²) in [5, 5.41) is 47.9. The van der Waals surface area contributed by atoms with E-state index in [0.29, 0.717) is 17.8 Å². The number of anilines is 1. The molecule has 1 saturated carbocycles. The molecule has 0 radical (unpaired) electrons. The van der Waals surface area contributed by atoms with Crippen LogP contribution < -0.4 is 5.32 Å². The van der Waals surface area contributed by atoms with Gasteiger partial charge in [-0.2, -0.15) is 15.1 Å². The maximum absolute atomic E-state index is 12.1. The highest BCUT2D eigenvalue weighted by Gasteiger charge is 2.44. The number of carbonyl (C=O) groups excluding carboxylic acids is 1. The number of nitrogens with one attached hydrogen (secondary N) is 1. The van der Waals surface area contributed by atoms with Crippen molar-refractivity contribution in [3.63, 3.8) is 0 Å². The number of rotatable bonds is 7. The zero-order valence-electron chi connectivity index (χ0n) is 18.9. The maximum Gasteiger partial charge on any atom is 0.341 e. The van der Waals surface area contributed by atoms with Gasteiger partial charge in [0, 0.05) is 6.20 Å². The quantitative estimate of drug-likeness (QED) is 0.258.